The van der Waals surface area contributed by atoms with Gasteiger partial charge in [0, 0.05) is 0 Å². The second-order valence-electron chi connectivity index (χ2n) is 12.0. The summed E-state index contributed by atoms with van der Waals surface area (Å²) >= 11 is 0. The molecular weight excluding hydrogens is 518 g/mol. The Morgan fingerprint density at radius 2 is 1.30 bits per heavy atom. The number of carbonyl (C=O) groups is 2. The maximum atomic E-state index is 12.9. The van der Waals surface area contributed by atoms with Gasteiger partial charge in [-0.25, -0.2) is 4.79 Å². The summed E-state index contributed by atoms with van der Waals surface area (Å²) in [5, 5.41) is 4.90. The average molecular weight is 562 g/mol. The molecule has 214 valence electrons. The molecule has 7 heteroatoms. The summed E-state index contributed by atoms with van der Waals surface area (Å²) < 4.78 is 18.6. The lowest BCUT2D eigenvalue weighted by atomic mass is 10.0. The molecule has 0 fully saturated rings. The maximum Gasteiger partial charge on any atom is 0.407 e. The van der Waals surface area contributed by atoms with Gasteiger partial charge >= 0.3 is 6.09 Å². The highest BCUT2D eigenvalue weighted by molar-refractivity contribution is 6.99. The van der Waals surface area contributed by atoms with Gasteiger partial charge in [-0.15, -0.1) is 0 Å². The Balaban J connectivity index is 1.94. The van der Waals surface area contributed by atoms with Crippen LogP contribution in [0.5, 0.6) is 0 Å². The predicted molar refractivity (Wildman–Crippen MR) is 162 cm³/mol. The van der Waals surface area contributed by atoms with E-state index < -0.39 is 32.0 Å². The first-order valence-electron chi connectivity index (χ1n) is 13.8. The number of amides is 1. The van der Waals surface area contributed by atoms with E-state index >= 15 is 0 Å². The van der Waals surface area contributed by atoms with Crippen molar-refractivity contribution >= 4 is 31.1 Å². The van der Waals surface area contributed by atoms with Gasteiger partial charge in [0.05, 0.1) is 31.8 Å². The Labute approximate surface area is 240 Å². The quantitative estimate of drug-likeness (QED) is 0.234. The molecule has 0 spiro atoms. The Bertz CT molecular complexity index is 1150. The molecule has 0 aliphatic carbocycles. The van der Waals surface area contributed by atoms with Crippen LogP contribution in [0.1, 0.15) is 47.1 Å². The minimum absolute atomic E-state index is 0.116. The van der Waals surface area contributed by atoms with Gasteiger partial charge in [0.1, 0.15) is 11.9 Å². The van der Waals surface area contributed by atoms with E-state index in [-0.39, 0.29) is 18.3 Å². The van der Waals surface area contributed by atoms with Gasteiger partial charge in [0.25, 0.3) is 8.32 Å². The van der Waals surface area contributed by atoms with Crippen molar-refractivity contribution in [3.05, 3.63) is 96.6 Å². The molecule has 0 unspecified atom stereocenters. The van der Waals surface area contributed by atoms with E-state index in [4.69, 9.17) is 13.9 Å². The lowest BCUT2D eigenvalue weighted by Gasteiger charge is -2.44. The molecule has 6 nitrogen and oxygen atoms in total. The molecule has 0 aromatic heterocycles. The average Bonchev–Trinajstić information content (AvgIpc) is 2.91. The van der Waals surface area contributed by atoms with Gasteiger partial charge < -0.3 is 24.0 Å². The lowest BCUT2D eigenvalue weighted by Crippen LogP contribution is -2.67. The number of hydrogen-bond donors (Lipinski definition) is 1. The first kappa shape index (κ1) is 31.3. The zero-order chi connectivity index (χ0) is 29.2. The first-order chi connectivity index (χ1) is 19.0. The number of ether oxygens (including phenoxy) is 2. The maximum absolute atomic E-state index is 12.9. The fourth-order valence-electron chi connectivity index (χ4n) is 4.84. The van der Waals surface area contributed by atoms with E-state index in [9.17, 15) is 9.59 Å². The summed E-state index contributed by atoms with van der Waals surface area (Å²) in [7, 11) is -2.90. The summed E-state index contributed by atoms with van der Waals surface area (Å²) in [6.45, 7) is 12.6. The Kier molecular flexibility index (Phi) is 10.9. The molecule has 0 saturated heterocycles. The van der Waals surface area contributed by atoms with Crippen LogP contribution in [0.25, 0.3) is 0 Å². The molecule has 0 bridgehead atoms. The monoisotopic (exact) mass is 561 g/mol. The molecule has 0 aliphatic rings. The second-order valence-corrected chi connectivity index (χ2v) is 16.3. The lowest BCUT2D eigenvalue weighted by molar-refractivity contribution is -0.114. The van der Waals surface area contributed by atoms with Crippen LogP contribution in [0, 0.1) is 5.92 Å². The van der Waals surface area contributed by atoms with Crippen molar-refractivity contribution in [2.75, 3.05) is 13.2 Å². The molecule has 3 aromatic rings. The fourth-order valence-corrected chi connectivity index (χ4v) is 9.43. The van der Waals surface area contributed by atoms with Crippen LogP contribution in [0.15, 0.2) is 91.0 Å². The number of nitrogens with one attached hydrogen (secondary N) is 1. The molecule has 0 saturated carbocycles. The molecule has 1 N–H and O–H groups in total. The van der Waals surface area contributed by atoms with Gasteiger partial charge in [-0.3, -0.25) is 0 Å². The number of rotatable bonds is 12. The Morgan fingerprint density at radius 3 is 1.75 bits per heavy atom. The van der Waals surface area contributed by atoms with E-state index in [1.54, 1.807) is 20.8 Å². The molecule has 40 heavy (non-hydrogen) atoms. The number of hydrogen-bond acceptors (Lipinski definition) is 5. The van der Waals surface area contributed by atoms with Crippen molar-refractivity contribution in [1.82, 2.24) is 5.32 Å². The van der Waals surface area contributed by atoms with Gasteiger partial charge in [-0.2, -0.15) is 0 Å². The highest BCUT2D eigenvalue weighted by Gasteiger charge is 2.50. The highest BCUT2D eigenvalue weighted by atomic mass is 28.4. The van der Waals surface area contributed by atoms with Crippen LogP contribution < -0.4 is 15.7 Å². The van der Waals surface area contributed by atoms with Gasteiger partial charge in [0.15, 0.2) is 0 Å². The summed E-state index contributed by atoms with van der Waals surface area (Å²) in [4.78, 5) is 25.3. The van der Waals surface area contributed by atoms with E-state index in [0.29, 0.717) is 6.61 Å². The van der Waals surface area contributed by atoms with Crippen LogP contribution in [0.2, 0.25) is 5.04 Å². The smallest absolute Gasteiger partial charge is 0.407 e. The summed E-state index contributed by atoms with van der Waals surface area (Å²) in [5.41, 5.74) is 0.320. The number of carbonyl (C=O) groups excluding carboxylic acids is 2. The molecule has 0 aliphatic heterocycles. The molecule has 2 atom stereocenters. The fraction of sp³-hybridized carbons (Fsp3) is 0.394. The van der Waals surface area contributed by atoms with E-state index in [0.717, 1.165) is 22.2 Å². The van der Waals surface area contributed by atoms with Crippen LogP contribution in [-0.2, 0) is 25.3 Å². The zero-order valence-electron chi connectivity index (χ0n) is 24.6. The van der Waals surface area contributed by atoms with Crippen LogP contribution in [-0.4, -0.2) is 45.6 Å². The van der Waals surface area contributed by atoms with Crippen molar-refractivity contribution in [3.63, 3.8) is 0 Å². The standard InChI is InChI=1S/C33H43NO5Si/c1-32(2,3)39-31(36)34-30(27(22-35)24-37-23-26-16-10-7-11-17-26)25-38-40(33(4,5)6,28-18-12-8-13-19-28)29-20-14-9-15-21-29/h7-22,27,30H,23-25H2,1-6H3,(H,34,36)/t27-,30-/m0/s1. The SMILES string of the molecule is CC(C)(C)OC(=O)N[C@@H](CO[Si](c1ccccc1)(c1ccccc1)C(C)(C)C)[C@@H](C=O)COCc1ccccc1. The van der Waals surface area contributed by atoms with Crippen molar-refractivity contribution in [1.29, 1.82) is 0 Å². The summed E-state index contributed by atoms with van der Waals surface area (Å²) in [6, 6.07) is 29.7. The minimum Gasteiger partial charge on any atom is -0.444 e. The molecule has 0 heterocycles. The molecule has 3 aromatic carbocycles. The van der Waals surface area contributed by atoms with Crippen LogP contribution in [0.4, 0.5) is 4.79 Å². The molecule has 1 amide bonds. The summed E-state index contributed by atoms with van der Waals surface area (Å²) in [5.74, 6) is -0.644. The topological polar surface area (TPSA) is 73.9 Å². The third kappa shape index (κ3) is 8.37. The van der Waals surface area contributed by atoms with Crippen molar-refractivity contribution in [2.24, 2.45) is 5.92 Å². The van der Waals surface area contributed by atoms with Crippen molar-refractivity contribution in [3.8, 4) is 0 Å². The van der Waals surface area contributed by atoms with Crippen molar-refractivity contribution in [2.45, 2.75) is 64.8 Å². The summed E-state index contributed by atoms with van der Waals surface area (Å²) in [6.07, 6.45) is 0.236. The normalized spacial score (nSPS) is 13.8. The van der Waals surface area contributed by atoms with Crippen molar-refractivity contribution < 1.29 is 23.5 Å². The third-order valence-electron chi connectivity index (χ3n) is 6.71. The predicted octanol–water partition coefficient (Wildman–Crippen LogP) is 5.49. The third-order valence-corrected chi connectivity index (χ3v) is 11.7. The Morgan fingerprint density at radius 1 is 0.800 bits per heavy atom. The number of aldehydes is 1. The molecular formula is C33H43NO5Si. The number of benzene rings is 3. The molecule has 0 radical (unpaired) electrons. The Hall–Kier alpha value is -3.26. The van der Waals surface area contributed by atoms with Gasteiger partial charge in [-0.05, 0) is 41.7 Å². The van der Waals surface area contributed by atoms with E-state index in [1.807, 2.05) is 66.7 Å². The van der Waals surface area contributed by atoms with Crippen LogP contribution in [0.3, 0.4) is 0 Å². The second kappa shape index (κ2) is 13.9. The van der Waals surface area contributed by atoms with Crippen LogP contribution >= 0.6 is 0 Å². The van der Waals surface area contributed by atoms with Gasteiger partial charge in [0.2, 0.25) is 0 Å². The number of alkyl carbamates (subject to hydrolysis) is 1. The molecule has 3 rings (SSSR count). The zero-order valence-corrected chi connectivity index (χ0v) is 25.6. The van der Waals surface area contributed by atoms with E-state index in [1.165, 1.54) is 0 Å². The van der Waals surface area contributed by atoms with Gasteiger partial charge in [-0.1, -0.05) is 112 Å². The minimum atomic E-state index is -2.90. The van der Waals surface area contributed by atoms with E-state index in [2.05, 4.69) is 50.4 Å². The largest absolute Gasteiger partial charge is 0.444 e. The first-order valence-corrected chi connectivity index (χ1v) is 15.7. The highest BCUT2D eigenvalue weighted by Crippen LogP contribution is 2.37.